The van der Waals surface area contributed by atoms with Gasteiger partial charge in [0.15, 0.2) is 9.84 Å². The Kier molecular flexibility index (Phi) is 3.26. The van der Waals surface area contributed by atoms with Gasteiger partial charge < -0.3 is 16.8 Å². The van der Waals surface area contributed by atoms with E-state index in [0.29, 0.717) is 11.5 Å². The molecule has 1 aromatic carbocycles. The predicted molar refractivity (Wildman–Crippen MR) is 73.7 cm³/mol. The van der Waals surface area contributed by atoms with Crippen molar-refractivity contribution in [3.05, 3.63) is 30.3 Å². The van der Waals surface area contributed by atoms with Crippen LogP contribution in [-0.4, -0.2) is 24.6 Å². The molecule has 2 rings (SSSR count). The molecule has 0 fully saturated rings. The number of hydrogen-bond donors (Lipinski definition) is 3. The standard InChI is InChI=1S/C11H13N5O2S/c1-19(17,18)8-4-2-7(3-5-8)14-10-6-9(12)15-11(13)16-10/h2-6H,1H3,(H5,12,13,14,15,16). The Bertz CT molecular complexity index is 677. The molecule has 19 heavy (non-hydrogen) atoms. The third-order valence-electron chi connectivity index (χ3n) is 2.32. The van der Waals surface area contributed by atoms with Crippen molar-refractivity contribution in [3.8, 4) is 0 Å². The first kappa shape index (κ1) is 13.1. The first-order valence-corrected chi connectivity index (χ1v) is 7.21. The molecule has 1 heterocycles. The van der Waals surface area contributed by atoms with Gasteiger partial charge in [-0.3, -0.25) is 0 Å². The van der Waals surface area contributed by atoms with E-state index in [-0.39, 0.29) is 16.7 Å². The highest BCUT2D eigenvalue weighted by atomic mass is 32.2. The molecule has 1 aromatic heterocycles. The fourth-order valence-electron chi connectivity index (χ4n) is 1.48. The number of nitrogens with one attached hydrogen (secondary N) is 1. The Morgan fingerprint density at radius 2 is 1.74 bits per heavy atom. The number of anilines is 4. The number of nitrogens with zero attached hydrogens (tertiary/aromatic N) is 2. The first-order valence-electron chi connectivity index (χ1n) is 5.32. The molecule has 0 aliphatic carbocycles. The smallest absolute Gasteiger partial charge is 0.223 e. The zero-order chi connectivity index (χ0) is 14.0. The van der Waals surface area contributed by atoms with Crippen LogP contribution in [-0.2, 0) is 9.84 Å². The topological polar surface area (TPSA) is 124 Å². The number of rotatable bonds is 3. The lowest BCUT2D eigenvalue weighted by Gasteiger charge is -2.07. The molecule has 0 bridgehead atoms. The quantitative estimate of drug-likeness (QED) is 0.758. The molecule has 7 nitrogen and oxygen atoms in total. The maximum absolute atomic E-state index is 11.3. The second-order valence-corrected chi connectivity index (χ2v) is 5.97. The van der Waals surface area contributed by atoms with E-state index in [1.54, 1.807) is 12.1 Å². The van der Waals surface area contributed by atoms with Gasteiger partial charge in [0.2, 0.25) is 5.95 Å². The Labute approximate surface area is 110 Å². The van der Waals surface area contributed by atoms with E-state index >= 15 is 0 Å². The van der Waals surface area contributed by atoms with Gasteiger partial charge in [-0.1, -0.05) is 0 Å². The van der Waals surface area contributed by atoms with E-state index in [4.69, 9.17) is 11.5 Å². The lowest BCUT2D eigenvalue weighted by atomic mass is 10.3. The van der Waals surface area contributed by atoms with Crippen LogP contribution >= 0.6 is 0 Å². The van der Waals surface area contributed by atoms with Gasteiger partial charge >= 0.3 is 0 Å². The number of nitrogens with two attached hydrogens (primary N) is 2. The van der Waals surface area contributed by atoms with Gasteiger partial charge in [0.1, 0.15) is 11.6 Å². The molecule has 0 saturated carbocycles. The molecule has 5 N–H and O–H groups in total. The zero-order valence-corrected chi connectivity index (χ0v) is 11.0. The Hall–Kier alpha value is -2.35. The first-order chi connectivity index (χ1) is 8.84. The minimum atomic E-state index is -3.20. The molecule has 0 aliphatic heterocycles. The van der Waals surface area contributed by atoms with Gasteiger partial charge in [-0.05, 0) is 24.3 Å². The summed E-state index contributed by atoms with van der Waals surface area (Å²) in [6.45, 7) is 0. The molecular weight excluding hydrogens is 266 g/mol. The van der Waals surface area contributed by atoms with Crippen LogP contribution in [0.3, 0.4) is 0 Å². The van der Waals surface area contributed by atoms with Crippen LogP contribution in [0.25, 0.3) is 0 Å². The van der Waals surface area contributed by atoms with E-state index < -0.39 is 9.84 Å². The van der Waals surface area contributed by atoms with Crippen LogP contribution in [0.15, 0.2) is 35.2 Å². The van der Waals surface area contributed by atoms with Crippen LogP contribution in [0, 0.1) is 0 Å². The highest BCUT2D eigenvalue weighted by Crippen LogP contribution is 2.19. The second-order valence-electron chi connectivity index (χ2n) is 3.96. The van der Waals surface area contributed by atoms with Crippen molar-refractivity contribution in [3.63, 3.8) is 0 Å². The number of hydrogen-bond acceptors (Lipinski definition) is 7. The van der Waals surface area contributed by atoms with Crippen LogP contribution in [0.2, 0.25) is 0 Å². The summed E-state index contributed by atoms with van der Waals surface area (Å²) in [6, 6.07) is 7.80. The lowest BCUT2D eigenvalue weighted by Crippen LogP contribution is -2.03. The number of benzene rings is 1. The molecule has 0 atom stereocenters. The summed E-state index contributed by atoms with van der Waals surface area (Å²) in [4.78, 5) is 7.96. The highest BCUT2D eigenvalue weighted by Gasteiger charge is 2.06. The molecule has 100 valence electrons. The third-order valence-corrected chi connectivity index (χ3v) is 3.45. The Balaban J connectivity index is 2.24. The molecule has 0 amide bonds. The summed E-state index contributed by atoms with van der Waals surface area (Å²) in [5.41, 5.74) is 11.7. The lowest BCUT2D eigenvalue weighted by molar-refractivity contribution is 0.602. The van der Waals surface area contributed by atoms with Crippen molar-refractivity contribution >= 4 is 33.1 Å². The van der Waals surface area contributed by atoms with Crippen LogP contribution in [0.1, 0.15) is 0 Å². The molecule has 0 spiro atoms. The summed E-state index contributed by atoms with van der Waals surface area (Å²) >= 11 is 0. The molecule has 0 saturated heterocycles. The third kappa shape index (κ3) is 3.32. The van der Waals surface area contributed by atoms with Crippen molar-refractivity contribution in [2.75, 3.05) is 23.0 Å². The van der Waals surface area contributed by atoms with Gasteiger partial charge in [0, 0.05) is 18.0 Å². The molecule has 0 aliphatic rings. The van der Waals surface area contributed by atoms with Crippen molar-refractivity contribution < 1.29 is 8.42 Å². The predicted octanol–water partition coefficient (Wildman–Crippen LogP) is 0.788. The Morgan fingerprint density at radius 1 is 1.11 bits per heavy atom. The normalized spacial score (nSPS) is 11.2. The molecular formula is C11H13N5O2S. The largest absolute Gasteiger partial charge is 0.383 e. The van der Waals surface area contributed by atoms with Gasteiger partial charge in [-0.15, -0.1) is 0 Å². The minimum Gasteiger partial charge on any atom is -0.383 e. The van der Waals surface area contributed by atoms with Crippen LogP contribution in [0.5, 0.6) is 0 Å². The maximum atomic E-state index is 11.3. The van der Waals surface area contributed by atoms with Gasteiger partial charge in [0.05, 0.1) is 4.90 Å². The van der Waals surface area contributed by atoms with Crippen molar-refractivity contribution in [2.24, 2.45) is 0 Å². The average Bonchev–Trinajstić information content (AvgIpc) is 2.26. The average molecular weight is 279 g/mol. The number of nitrogen functional groups attached to an aromatic ring is 2. The summed E-state index contributed by atoms with van der Waals surface area (Å²) in [6.07, 6.45) is 1.15. The zero-order valence-electron chi connectivity index (χ0n) is 10.2. The van der Waals surface area contributed by atoms with Gasteiger partial charge in [-0.2, -0.15) is 9.97 Å². The molecule has 0 radical (unpaired) electrons. The molecule has 2 aromatic rings. The molecule has 8 heteroatoms. The summed E-state index contributed by atoms with van der Waals surface area (Å²) in [5, 5.41) is 2.96. The van der Waals surface area contributed by atoms with Crippen molar-refractivity contribution in [1.82, 2.24) is 9.97 Å². The molecule has 0 unspecified atom stereocenters. The maximum Gasteiger partial charge on any atom is 0.223 e. The van der Waals surface area contributed by atoms with Crippen LogP contribution in [0.4, 0.5) is 23.3 Å². The van der Waals surface area contributed by atoms with Gasteiger partial charge in [0.25, 0.3) is 0 Å². The summed E-state index contributed by atoms with van der Waals surface area (Å²) in [7, 11) is -3.20. The summed E-state index contributed by atoms with van der Waals surface area (Å²) < 4.78 is 22.6. The van der Waals surface area contributed by atoms with Crippen molar-refractivity contribution in [2.45, 2.75) is 4.90 Å². The fraction of sp³-hybridized carbons (Fsp3) is 0.0909. The van der Waals surface area contributed by atoms with E-state index in [0.717, 1.165) is 6.26 Å². The monoisotopic (exact) mass is 279 g/mol. The number of aromatic nitrogens is 2. The second kappa shape index (κ2) is 4.73. The SMILES string of the molecule is CS(=O)(=O)c1ccc(Nc2cc(N)nc(N)n2)cc1. The van der Waals surface area contributed by atoms with E-state index in [2.05, 4.69) is 15.3 Å². The highest BCUT2D eigenvalue weighted by molar-refractivity contribution is 7.90. The Morgan fingerprint density at radius 3 is 2.26 bits per heavy atom. The summed E-state index contributed by atoms with van der Waals surface area (Å²) in [5.74, 6) is 0.759. The number of sulfone groups is 1. The van der Waals surface area contributed by atoms with Crippen LogP contribution < -0.4 is 16.8 Å². The fourth-order valence-corrected chi connectivity index (χ4v) is 2.11. The van der Waals surface area contributed by atoms with Crippen molar-refractivity contribution in [1.29, 1.82) is 0 Å². The van der Waals surface area contributed by atoms with Gasteiger partial charge in [-0.25, -0.2) is 8.42 Å². The van der Waals surface area contributed by atoms with E-state index in [1.165, 1.54) is 18.2 Å². The van der Waals surface area contributed by atoms with E-state index in [1.807, 2.05) is 0 Å². The van der Waals surface area contributed by atoms with E-state index in [9.17, 15) is 8.42 Å². The minimum absolute atomic E-state index is 0.0651.